The van der Waals surface area contributed by atoms with E-state index < -0.39 is 47.3 Å². The zero-order valence-corrected chi connectivity index (χ0v) is 28.9. The summed E-state index contributed by atoms with van der Waals surface area (Å²) < 4.78 is 34.7. The molecule has 2 aliphatic rings. The number of nitrogens with one attached hydrogen (secondary N) is 3. The highest BCUT2D eigenvalue weighted by Crippen LogP contribution is 2.35. The molecule has 3 amide bonds. The van der Waals surface area contributed by atoms with Crippen LogP contribution in [0.25, 0.3) is 0 Å². The average molecular weight is 691 g/mol. The van der Waals surface area contributed by atoms with Crippen molar-refractivity contribution in [1.29, 1.82) is 0 Å². The molecule has 9 nitrogen and oxygen atoms in total. The molecule has 0 radical (unpaired) electrons. The summed E-state index contributed by atoms with van der Waals surface area (Å²) >= 11 is 0. The zero-order chi connectivity index (χ0) is 35.8. The van der Waals surface area contributed by atoms with Gasteiger partial charge in [-0.15, -0.1) is 0 Å². The molecule has 5 rings (SSSR count). The molecule has 3 aromatic rings. The molecule has 268 valence electrons. The summed E-state index contributed by atoms with van der Waals surface area (Å²) in [6.45, 7) is 5.96. The van der Waals surface area contributed by atoms with Crippen LogP contribution in [0.3, 0.4) is 0 Å². The number of ether oxygens (including phenoxy) is 1. The van der Waals surface area contributed by atoms with Crippen LogP contribution in [0.15, 0.2) is 78.9 Å². The van der Waals surface area contributed by atoms with Crippen LogP contribution in [0, 0.1) is 17.6 Å². The number of aliphatic hydroxyl groups is 1. The van der Waals surface area contributed by atoms with Crippen LogP contribution in [0.2, 0.25) is 0 Å². The van der Waals surface area contributed by atoms with Gasteiger partial charge in [-0.1, -0.05) is 68.8 Å². The summed E-state index contributed by atoms with van der Waals surface area (Å²) in [6.07, 6.45) is 0.707. The Morgan fingerprint density at radius 3 is 2.34 bits per heavy atom. The largest absolute Gasteiger partial charge is 0.489 e. The van der Waals surface area contributed by atoms with E-state index in [9.17, 15) is 28.3 Å². The summed E-state index contributed by atoms with van der Waals surface area (Å²) in [5.74, 6) is -2.16. The van der Waals surface area contributed by atoms with Gasteiger partial charge >= 0.3 is 0 Å². The maximum atomic E-state index is 14.4. The first-order chi connectivity index (χ1) is 24.0. The van der Waals surface area contributed by atoms with Gasteiger partial charge in [-0.2, -0.15) is 0 Å². The fourth-order valence-corrected chi connectivity index (χ4v) is 7.37. The van der Waals surface area contributed by atoms with Gasteiger partial charge in [0.1, 0.15) is 35.1 Å². The number of likely N-dealkylation sites (tertiary alicyclic amines) is 1. The summed E-state index contributed by atoms with van der Waals surface area (Å²) in [4.78, 5) is 42.6. The predicted octanol–water partition coefficient (Wildman–Crippen LogP) is 4.32. The summed E-state index contributed by atoms with van der Waals surface area (Å²) in [5.41, 5.74) is 0.102. The normalized spacial score (nSPS) is 22.8. The highest BCUT2D eigenvalue weighted by atomic mass is 19.1. The maximum absolute atomic E-state index is 14.4. The fraction of sp³-hybridized carbons (Fsp3) is 0.462. The van der Waals surface area contributed by atoms with Crippen molar-refractivity contribution in [3.63, 3.8) is 0 Å². The number of hydrogen-bond acceptors (Lipinski definition) is 6. The second-order valence-electron chi connectivity index (χ2n) is 13.6. The van der Waals surface area contributed by atoms with Crippen molar-refractivity contribution >= 4 is 17.7 Å². The van der Waals surface area contributed by atoms with Gasteiger partial charge in [0.25, 0.3) is 0 Å². The van der Waals surface area contributed by atoms with Crippen molar-refractivity contribution in [2.45, 2.75) is 95.2 Å². The molecule has 7 atom stereocenters. The smallest absolute Gasteiger partial charge is 0.249 e. The number of benzene rings is 3. The number of amides is 3. The number of nitrogens with zero attached hydrogens (tertiary/aromatic N) is 1. The number of rotatable bonds is 15. The van der Waals surface area contributed by atoms with Crippen LogP contribution < -0.4 is 20.7 Å². The van der Waals surface area contributed by atoms with E-state index in [1.807, 2.05) is 74.5 Å². The van der Waals surface area contributed by atoms with Gasteiger partial charge in [0.2, 0.25) is 17.7 Å². The van der Waals surface area contributed by atoms with E-state index in [1.54, 1.807) is 4.90 Å². The highest BCUT2D eigenvalue weighted by molar-refractivity contribution is 5.96. The van der Waals surface area contributed by atoms with Crippen molar-refractivity contribution in [2.75, 3.05) is 13.1 Å². The first-order valence-electron chi connectivity index (χ1n) is 17.5. The second-order valence-corrected chi connectivity index (χ2v) is 13.6. The number of aryl methyl sites for hydroxylation is 1. The average Bonchev–Trinajstić information content (AvgIpc) is 3.68. The minimum atomic E-state index is -1.17. The molecule has 0 saturated carbocycles. The maximum Gasteiger partial charge on any atom is 0.249 e. The molecule has 2 unspecified atom stereocenters. The predicted molar refractivity (Wildman–Crippen MR) is 186 cm³/mol. The quantitative estimate of drug-likeness (QED) is 0.189. The molecule has 0 bridgehead atoms. The summed E-state index contributed by atoms with van der Waals surface area (Å²) in [6, 6.07) is 19.7. The molecular formula is C39H48F2N4O5. The molecule has 50 heavy (non-hydrogen) atoms. The number of hydrogen-bond donors (Lipinski definition) is 4. The number of carbonyl (C=O) groups is 3. The lowest BCUT2D eigenvalue weighted by Crippen LogP contribution is -2.61. The van der Waals surface area contributed by atoms with Gasteiger partial charge in [-0.05, 0) is 67.0 Å². The Labute approximate surface area is 292 Å². The second kappa shape index (κ2) is 16.6. The summed E-state index contributed by atoms with van der Waals surface area (Å²) in [5, 5.41) is 21.0. The lowest BCUT2D eigenvalue weighted by Gasteiger charge is -2.36. The minimum Gasteiger partial charge on any atom is -0.489 e. The van der Waals surface area contributed by atoms with Crippen molar-refractivity contribution in [3.05, 3.63) is 102 Å². The molecule has 3 aromatic carbocycles. The Morgan fingerprint density at radius 1 is 1.04 bits per heavy atom. The molecule has 2 heterocycles. The van der Waals surface area contributed by atoms with E-state index in [0.29, 0.717) is 38.0 Å². The van der Waals surface area contributed by atoms with E-state index in [4.69, 9.17) is 4.74 Å². The van der Waals surface area contributed by atoms with Gasteiger partial charge in [-0.3, -0.25) is 14.4 Å². The van der Waals surface area contributed by atoms with E-state index >= 15 is 0 Å². The van der Waals surface area contributed by atoms with E-state index in [-0.39, 0.29) is 48.8 Å². The topological polar surface area (TPSA) is 120 Å². The minimum absolute atomic E-state index is 0.0635. The number of para-hydroxylation sites is 1. The Hall–Kier alpha value is -4.35. The van der Waals surface area contributed by atoms with Crippen molar-refractivity contribution < 1.29 is 33.0 Å². The molecule has 0 spiro atoms. The molecule has 2 aliphatic heterocycles. The standard InChI is InChI=1S/C39H48F2N4O5/c1-4-25(2)39(44-26(3)46)17-18-45(38(39)49)35(16-15-27-11-7-5-8-12-27)37(48)43-34(21-28-19-29(40)22-30(41)20-28)36(47)33-23-32(24-42-33)50-31-13-9-6-10-14-31/h5-14,19-20,22,25,32-36,42,47H,4,15-18,21,23-24H2,1-3H3,(H,43,48)(H,44,46)/t25-,32-,33-,34+,35?,36-,39?/m1/s1. The number of carbonyl (C=O) groups excluding carboxylic acids is 3. The number of aliphatic hydroxyl groups excluding tert-OH is 1. The lowest BCUT2D eigenvalue weighted by molar-refractivity contribution is -0.144. The van der Waals surface area contributed by atoms with Crippen LogP contribution in [-0.2, 0) is 27.2 Å². The van der Waals surface area contributed by atoms with E-state index in [0.717, 1.165) is 11.6 Å². The first-order valence-corrected chi connectivity index (χ1v) is 17.5. The van der Waals surface area contributed by atoms with Crippen LogP contribution in [0.5, 0.6) is 5.75 Å². The summed E-state index contributed by atoms with van der Waals surface area (Å²) in [7, 11) is 0. The first kappa shape index (κ1) is 36.9. The molecule has 0 aromatic heterocycles. The molecular weight excluding hydrogens is 642 g/mol. The Bertz CT molecular complexity index is 1590. The van der Waals surface area contributed by atoms with Gasteiger partial charge in [0.15, 0.2) is 0 Å². The van der Waals surface area contributed by atoms with Crippen LogP contribution in [-0.4, -0.2) is 76.7 Å². The van der Waals surface area contributed by atoms with Crippen LogP contribution in [0.1, 0.15) is 57.6 Å². The third-order valence-corrected chi connectivity index (χ3v) is 10.2. The molecule has 2 saturated heterocycles. The van der Waals surface area contributed by atoms with Gasteiger partial charge in [0.05, 0.1) is 12.1 Å². The van der Waals surface area contributed by atoms with E-state index in [2.05, 4.69) is 16.0 Å². The highest BCUT2D eigenvalue weighted by Gasteiger charge is 2.53. The SMILES string of the molecule is CC[C@@H](C)C1(NC(C)=O)CCN(C(CCc2ccccc2)C(=O)N[C@@H](Cc2cc(F)cc(F)c2)[C@H](O)[C@H]2C[C@@H](Oc3ccccc3)CN2)C1=O. The Kier molecular flexibility index (Phi) is 12.2. The Balaban J connectivity index is 1.41. The third kappa shape index (κ3) is 8.86. The van der Waals surface area contributed by atoms with Crippen molar-refractivity contribution in [2.24, 2.45) is 5.92 Å². The molecule has 4 N–H and O–H groups in total. The van der Waals surface area contributed by atoms with Gasteiger partial charge in [0, 0.05) is 38.5 Å². The third-order valence-electron chi connectivity index (χ3n) is 10.2. The van der Waals surface area contributed by atoms with Crippen LogP contribution >= 0.6 is 0 Å². The van der Waals surface area contributed by atoms with Crippen molar-refractivity contribution in [1.82, 2.24) is 20.9 Å². The zero-order valence-electron chi connectivity index (χ0n) is 28.9. The van der Waals surface area contributed by atoms with Gasteiger partial charge in [-0.25, -0.2) is 8.78 Å². The van der Waals surface area contributed by atoms with Gasteiger partial charge < -0.3 is 30.7 Å². The monoisotopic (exact) mass is 690 g/mol. The van der Waals surface area contributed by atoms with E-state index in [1.165, 1.54) is 19.1 Å². The molecule has 0 aliphatic carbocycles. The fourth-order valence-electron chi connectivity index (χ4n) is 7.37. The van der Waals surface area contributed by atoms with Crippen molar-refractivity contribution in [3.8, 4) is 5.75 Å². The molecule has 2 fully saturated rings. The molecule has 11 heteroatoms. The Morgan fingerprint density at radius 2 is 1.70 bits per heavy atom. The number of halogens is 2. The lowest BCUT2D eigenvalue weighted by atomic mass is 9.81. The van der Waals surface area contributed by atoms with Crippen LogP contribution in [0.4, 0.5) is 8.78 Å².